The molecule has 0 unspecified atom stereocenters. The van der Waals surface area contributed by atoms with Crippen LogP contribution in [0, 0.1) is 6.92 Å². The van der Waals surface area contributed by atoms with Crippen LogP contribution in [0.5, 0.6) is 0 Å². The van der Waals surface area contributed by atoms with E-state index in [0.29, 0.717) is 6.54 Å². The predicted octanol–water partition coefficient (Wildman–Crippen LogP) is 2.24. The second-order valence-electron chi connectivity index (χ2n) is 4.24. The molecule has 0 atom stereocenters. The summed E-state index contributed by atoms with van der Waals surface area (Å²) in [4.78, 5) is 4.37. The summed E-state index contributed by atoms with van der Waals surface area (Å²) in [6.45, 7) is 4.90. The first-order chi connectivity index (χ1) is 8.26. The number of hydrogen-bond donors (Lipinski definition) is 1. The van der Waals surface area contributed by atoms with E-state index >= 15 is 0 Å². The topological polar surface area (TPSA) is 43.8 Å². The van der Waals surface area contributed by atoms with Gasteiger partial charge in [-0.2, -0.15) is 0 Å². The van der Waals surface area contributed by atoms with E-state index in [0.717, 1.165) is 18.7 Å². The number of aromatic nitrogens is 2. The van der Waals surface area contributed by atoms with Crippen molar-refractivity contribution in [2.24, 2.45) is 5.73 Å². The molecule has 1 aromatic carbocycles. The first-order valence-corrected chi connectivity index (χ1v) is 6.08. The molecule has 2 aromatic rings. The minimum Gasteiger partial charge on any atom is -0.330 e. The molecule has 0 amide bonds. The van der Waals surface area contributed by atoms with E-state index < -0.39 is 0 Å². The van der Waals surface area contributed by atoms with E-state index in [1.54, 1.807) is 0 Å². The minimum atomic E-state index is 0.673. The maximum Gasteiger partial charge on any atom is 0.112 e. The molecule has 1 heterocycles. The van der Waals surface area contributed by atoms with Gasteiger partial charge in [-0.25, -0.2) is 4.98 Å². The van der Waals surface area contributed by atoms with Crippen molar-refractivity contribution in [1.82, 2.24) is 9.55 Å². The molecule has 3 nitrogen and oxygen atoms in total. The van der Waals surface area contributed by atoms with Crippen LogP contribution in [-0.4, -0.2) is 16.1 Å². The summed E-state index contributed by atoms with van der Waals surface area (Å²) < 4.78 is 2.16. The second kappa shape index (κ2) is 5.15. The van der Waals surface area contributed by atoms with E-state index in [1.807, 2.05) is 12.4 Å². The van der Waals surface area contributed by atoms with E-state index in [4.69, 9.17) is 5.73 Å². The van der Waals surface area contributed by atoms with Gasteiger partial charge in [-0.05, 0) is 31.5 Å². The molecular weight excluding hydrogens is 210 g/mol. The molecule has 2 rings (SSSR count). The van der Waals surface area contributed by atoms with Gasteiger partial charge in [-0.1, -0.05) is 24.6 Å². The second-order valence-corrected chi connectivity index (χ2v) is 4.24. The first-order valence-electron chi connectivity index (χ1n) is 6.08. The Bertz CT molecular complexity index is 500. The highest BCUT2D eigenvalue weighted by atomic mass is 15.1. The van der Waals surface area contributed by atoms with Crippen molar-refractivity contribution in [3.05, 3.63) is 47.5 Å². The van der Waals surface area contributed by atoms with Crippen molar-refractivity contribution in [3.63, 3.8) is 0 Å². The number of imidazole rings is 1. The molecule has 0 aliphatic rings. The summed E-state index contributed by atoms with van der Waals surface area (Å²) in [6, 6.07) is 6.50. The molecule has 0 aliphatic heterocycles. The summed E-state index contributed by atoms with van der Waals surface area (Å²) in [5.41, 5.74) is 9.45. The average Bonchev–Trinajstić information content (AvgIpc) is 2.78. The van der Waals surface area contributed by atoms with Gasteiger partial charge in [-0.3, -0.25) is 0 Å². The molecule has 0 aliphatic carbocycles. The maximum absolute atomic E-state index is 5.68. The molecule has 0 radical (unpaired) electrons. The molecule has 0 spiro atoms. The van der Waals surface area contributed by atoms with Gasteiger partial charge < -0.3 is 10.3 Å². The van der Waals surface area contributed by atoms with Gasteiger partial charge in [0, 0.05) is 24.5 Å². The third-order valence-electron chi connectivity index (χ3n) is 2.94. The smallest absolute Gasteiger partial charge is 0.112 e. The Balaban J connectivity index is 2.50. The zero-order valence-corrected chi connectivity index (χ0v) is 10.5. The highest BCUT2D eigenvalue weighted by Crippen LogP contribution is 2.18. The van der Waals surface area contributed by atoms with Crippen LogP contribution in [-0.2, 0) is 12.8 Å². The number of nitrogens with two attached hydrogens (primary N) is 1. The van der Waals surface area contributed by atoms with Crippen molar-refractivity contribution in [2.45, 2.75) is 26.7 Å². The van der Waals surface area contributed by atoms with E-state index in [2.05, 4.69) is 41.6 Å². The molecule has 0 saturated carbocycles. The molecule has 3 heteroatoms. The SMILES string of the molecule is CCc1nccn1-c1ccc(C)cc1CCN. The largest absolute Gasteiger partial charge is 0.330 e. The van der Waals surface area contributed by atoms with Crippen LogP contribution < -0.4 is 5.73 Å². The minimum absolute atomic E-state index is 0.673. The van der Waals surface area contributed by atoms with Crippen LogP contribution in [0.2, 0.25) is 0 Å². The van der Waals surface area contributed by atoms with Gasteiger partial charge in [0.1, 0.15) is 5.82 Å². The van der Waals surface area contributed by atoms with Gasteiger partial charge in [0.05, 0.1) is 0 Å². The number of hydrogen-bond acceptors (Lipinski definition) is 2. The quantitative estimate of drug-likeness (QED) is 0.873. The van der Waals surface area contributed by atoms with Gasteiger partial charge in [0.2, 0.25) is 0 Å². The Morgan fingerprint density at radius 3 is 2.88 bits per heavy atom. The third-order valence-corrected chi connectivity index (χ3v) is 2.94. The third kappa shape index (κ3) is 2.39. The van der Waals surface area contributed by atoms with Crippen molar-refractivity contribution in [2.75, 3.05) is 6.54 Å². The Labute approximate surface area is 102 Å². The summed E-state index contributed by atoms with van der Waals surface area (Å²) in [5, 5.41) is 0. The molecule has 2 N–H and O–H groups in total. The van der Waals surface area contributed by atoms with Gasteiger partial charge in [0.25, 0.3) is 0 Å². The van der Waals surface area contributed by atoms with Crippen LogP contribution in [0.3, 0.4) is 0 Å². The van der Waals surface area contributed by atoms with Gasteiger partial charge in [0.15, 0.2) is 0 Å². The Kier molecular flexibility index (Phi) is 3.59. The van der Waals surface area contributed by atoms with Crippen molar-refractivity contribution in [1.29, 1.82) is 0 Å². The molecular formula is C14H19N3. The lowest BCUT2D eigenvalue weighted by Crippen LogP contribution is -2.08. The molecule has 90 valence electrons. The van der Waals surface area contributed by atoms with Crippen LogP contribution >= 0.6 is 0 Å². The Hall–Kier alpha value is -1.61. The lowest BCUT2D eigenvalue weighted by Gasteiger charge is -2.13. The standard InChI is InChI=1S/C14H19N3/c1-3-14-16-8-9-17(14)13-5-4-11(2)10-12(13)6-7-15/h4-5,8-10H,3,6-7,15H2,1-2H3. The van der Waals surface area contributed by atoms with E-state index in [1.165, 1.54) is 16.8 Å². The fraction of sp³-hybridized carbons (Fsp3) is 0.357. The van der Waals surface area contributed by atoms with E-state index in [9.17, 15) is 0 Å². The summed E-state index contributed by atoms with van der Waals surface area (Å²) >= 11 is 0. The van der Waals surface area contributed by atoms with Crippen molar-refractivity contribution < 1.29 is 0 Å². The fourth-order valence-corrected chi connectivity index (χ4v) is 2.12. The normalized spacial score (nSPS) is 10.8. The highest BCUT2D eigenvalue weighted by Gasteiger charge is 2.07. The number of rotatable bonds is 4. The maximum atomic E-state index is 5.68. The lowest BCUT2D eigenvalue weighted by atomic mass is 10.1. The van der Waals surface area contributed by atoms with Crippen molar-refractivity contribution >= 4 is 0 Å². The molecule has 0 saturated heterocycles. The molecule has 0 fully saturated rings. The average molecular weight is 229 g/mol. The Morgan fingerprint density at radius 2 is 2.18 bits per heavy atom. The number of nitrogens with zero attached hydrogens (tertiary/aromatic N) is 2. The lowest BCUT2D eigenvalue weighted by molar-refractivity contribution is 0.866. The summed E-state index contributed by atoms with van der Waals surface area (Å²) in [7, 11) is 0. The number of aryl methyl sites for hydroxylation is 2. The monoisotopic (exact) mass is 229 g/mol. The Morgan fingerprint density at radius 1 is 1.35 bits per heavy atom. The zero-order valence-electron chi connectivity index (χ0n) is 10.5. The predicted molar refractivity (Wildman–Crippen MR) is 70.4 cm³/mol. The number of benzene rings is 1. The summed E-state index contributed by atoms with van der Waals surface area (Å²) in [5.74, 6) is 1.09. The first kappa shape index (κ1) is 11.9. The van der Waals surface area contributed by atoms with Crippen LogP contribution in [0.15, 0.2) is 30.6 Å². The molecule has 0 bridgehead atoms. The molecule has 1 aromatic heterocycles. The highest BCUT2D eigenvalue weighted by molar-refractivity contribution is 5.44. The van der Waals surface area contributed by atoms with Crippen molar-refractivity contribution in [3.8, 4) is 5.69 Å². The van der Waals surface area contributed by atoms with Gasteiger partial charge in [-0.15, -0.1) is 0 Å². The zero-order chi connectivity index (χ0) is 12.3. The van der Waals surface area contributed by atoms with Gasteiger partial charge >= 0.3 is 0 Å². The van der Waals surface area contributed by atoms with Crippen LogP contribution in [0.4, 0.5) is 0 Å². The van der Waals surface area contributed by atoms with E-state index in [-0.39, 0.29) is 0 Å². The van der Waals surface area contributed by atoms with Crippen LogP contribution in [0.1, 0.15) is 23.9 Å². The summed E-state index contributed by atoms with van der Waals surface area (Å²) in [6.07, 6.45) is 5.70. The van der Waals surface area contributed by atoms with Crippen LogP contribution in [0.25, 0.3) is 5.69 Å². The molecule has 17 heavy (non-hydrogen) atoms. The fourth-order valence-electron chi connectivity index (χ4n) is 2.12.